The minimum Gasteiger partial charge on any atom is -0.496 e. The average Bonchev–Trinajstić information content (AvgIpc) is 2.76. The molecule has 2 aromatic rings. The van der Waals surface area contributed by atoms with Crippen molar-refractivity contribution in [1.82, 2.24) is 0 Å². The minimum atomic E-state index is -0.330. The van der Waals surface area contributed by atoms with Gasteiger partial charge in [-0.3, -0.25) is 0 Å². The van der Waals surface area contributed by atoms with Gasteiger partial charge in [-0.2, -0.15) is 0 Å². The molecule has 4 nitrogen and oxygen atoms in total. The molecule has 1 aliphatic rings. The van der Waals surface area contributed by atoms with Crippen molar-refractivity contribution in [3.8, 4) is 11.5 Å². The van der Waals surface area contributed by atoms with Crippen LogP contribution >= 0.6 is 0 Å². The number of ether oxygens (including phenoxy) is 3. The van der Waals surface area contributed by atoms with Gasteiger partial charge in [0.2, 0.25) is 0 Å². The zero-order chi connectivity index (χ0) is 22.1. The van der Waals surface area contributed by atoms with Gasteiger partial charge < -0.3 is 14.2 Å². The van der Waals surface area contributed by atoms with E-state index in [4.69, 9.17) is 14.2 Å². The van der Waals surface area contributed by atoms with Crippen LogP contribution < -0.4 is 9.47 Å². The summed E-state index contributed by atoms with van der Waals surface area (Å²) in [5, 5.41) is 0. The number of rotatable bonds is 9. The van der Waals surface area contributed by atoms with Crippen LogP contribution in [0.4, 0.5) is 0 Å². The Kier molecular flexibility index (Phi) is 8.34. The molecule has 164 valence electrons. The first-order valence-electron chi connectivity index (χ1n) is 11.0. The maximum Gasteiger partial charge on any atom is 0.333 e. The molecule has 0 unspecified atom stereocenters. The van der Waals surface area contributed by atoms with Crippen molar-refractivity contribution in [1.29, 1.82) is 0 Å². The monoisotopic (exact) mass is 420 g/mol. The summed E-state index contributed by atoms with van der Waals surface area (Å²) in [6.07, 6.45) is 8.31. The van der Waals surface area contributed by atoms with E-state index >= 15 is 0 Å². The zero-order valence-electron chi connectivity index (χ0n) is 18.6. The van der Waals surface area contributed by atoms with Gasteiger partial charge in [0.15, 0.2) is 0 Å². The van der Waals surface area contributed by atoms with Gasteiger partial charge in [-0.25, -0.2) is 4.79 Å². The Morgan fingerprint density at radius 1 is 1.03 bits per heavy atom. The van der Waals surface area contributed by atoms with E-state index in [9.17, 15) is 4.79 Å². The third-order valence-corrected chi connectivity index (χ3v) is 5.43. The number of benzene rings is 2. The number of para-hydroxylation sites is 1. The summed E-state index contributed by atoms with van der Waals surface area (Å²) in [4.78, 5) is 11.4. The van der Waals surface area contributed by atoms with Crippen molar-refractivity contribution in [3.05, 3.63) is 71.3 Å². The second kappa shape index (κ2) is 11.4. The Labute approximate surface area is 185 Å². The fourth-order valence-corrected chi connectivity index (χ4v) is 3.72. The largest absolute Gasteiger partial charge is 0.496 e. The second-order valence-electron chi connectivity index (χ2n) is 7.91. The van der Waals surface area contributed by atoms with Crippen molar-refractivity contribution in [2.45, 2.75) is 45.4 Å². The van der Waals surface area contributed by atoms with Crippen LogP contribution in [0, 0.1) is 0 Å². The molecule has 0 N–H and O–H groups in total. The third-order valence-electron chi connectivity index (χ3n) is 5.43. The van der Waals surface area contributed by atoms with Crippen LogP contribution in [-0.2, 0) is 16.0 Å². The molecule has 2 aromatic carbocycles. The highest BCUT2D eigenvalue weighted by Gasteiger charge is 2.13. The Hall–Kier alpha value is -3.01. The maximum absolute atomic E-state index is 11.4. The summed E-state index contributed by atoms with van der Waals surface area (Å²) in [7, 11) is 1.73. The van der Waals surface area contributed by atoms with Gasteiger partial charge in [-0.15, -0.1) is 0 Å². The van der Waals surface area contributed by atoms with Gasteiger partial charge >= 0.3 is 5.97 Å². The predicted octanol–water partition coefficient (Wildman–Crippen LogP) is 6.24. The lowest BCUT2D eigenvalue weighted by atomic mass is 9.90. The number of aryl methyl sites for hydroxylation is 1. The second-order valence-corrected chi connectivity index (χ2v) is 7.91. The number of hydrogen-bond donors (Lipinski definition) is 0. The van der Waals surface area contributed by atoms with Crippen LogP contribution in [0.2, 0.25) is 0 Å². The summed E-state index contributed by atoms with van der Waals surface area (Å²) < 4.78 is 16.6. The van der Waals surface area contributed by atoms with Gasteiger partial charge in [0.25, 0.3) is 0 Å². The highest BCUT2D eigenvalue weighted by Crippen LogP contribution is 2.34. The van der Waals surface area contributed by atoms with Gasteiger partial charge in [-0.05, 0) is 80.3 Å². The van der Waals surface area contributed by atoms with E-state index < -0.39 is 0 Å². The molecule has 0 radical (unpaired) electrons. The van der Waals surface area contributed by atoms with E-state index in [1.807, 2.05) is 18.2 Å². The molecule has 0 saturated heterocycles. The molecular weight excluding hydrogens is 388 g/mol. The Morgan fingerprint density at radius 2 is 1.81 bits per heavy atom. The third kappa shape index (κ3) is 6.48. The van der Waals surface area contributed by atoms with Crippen LogP contribution in [0.1, 0.15) is 55.7 Å². The fourth-order valence-electron chi connectivity index (χ4n) is 3.72. The van der Waals surface area contributed by atoms with Gasteiger partial charge in [0.05, 0.1) is 20.3 Å². The van der Waals surface area contributed by atoms with Crippen molar-refractivity contribution in [2.75, 3.05) is 20.3 Å². The van der Waals surface area contributed by atoms with Crippen molar-refractivity contribution < 1.29 is 19.0 Å². The number of hydrogen-bond acceptors (Lipinski definition) is 4. The molecule has 0 atom stereocenters. The predicted molar refractivity (Wildman–Crippen MR) is 125 cm³/mol. The van der Waals surface area contributed by atoms with Gasteiger partial charge in [-0.1, -0.05) is 36.9 Å². The van der Waals surface area contributed by atoms with Crippen molar-refractivity contribution in [3.63, 3.8) is 0 Å². The quantitative estimate of drug-likeness (QED) is 0.274. The summed E-state index contributed by atoms with van der Waals surface area (Å²) in [5.74, 6) is 1.48. The van der Waals surface area contributed by atoms with E-state index in [0.717, 1.165) is 50.0 Å². The van der Waals surface area contributed by atoms with Gasteiger partial charge in [0, 0.05) is 11.1 Å². The SMILES string of the molecule is C=C(C)C(=O)OCCCCOc1ccc2c(c1)CCCCC(c1ccccc1OC)=C2. The van der Waals surface area contributed by atoms with Crippen LogP contribution in [-0.4, -0.2) is 26.3 Å². The van der Waals surface area contributed by atoms with E-state index in [-0.39, 0.29) is 5.97 Å². The first-order chi connectivity index (χ1) is 15.1. The molecular formula is C27H32O4. The lowest BCUT2D eigenvalue weighted by Crippen LogP contribution is -2.07. The summed E-state index contributed by atoms with van der Waals surface area (Å²) >= 11 is 0. The maximum atomic E-state index is 11.4. The van der Waals surface area contributed by atoms with Crippen molar-refractivity contribution in [2.24, 2.45) is 0 Å². The molecule has 0 aromatic heterocycles. The van der Waals surface area contributed by atoms with E-state index in [1.54, 1.807) is 14.0 Å². The molecule has 0 heterocycles. The Bertz CT molecular complexity index is 942. The normalized spacial score (nSPS) is 13.3. The molecule has 0 amide bonds. The zero-order valence-corrected chi connectivity index (χ0v) is 18.6. The smallest absolute Gasteiger partial charge is 0.333 e. The number of fused-ring (bicyclic) bond motifs is 1. The topological polar surface area (TPSA) is 44.8 Å². The summed E-state index contributed by atoms with van der Waals surface area (Å²) in [5.41, 5.74) is 5.49. The first kappa shape index (κ1) is 22.7. The Balaban J connectivity index is 1.62. The number of esters is 1. The highest BCUT2D eigenvalue weighted by atomic mass is 16.5. The first-order valence-corrected chi connectivity index (χ1v) is 11.0. The lowest BCUT2D eigenvalue weighted by Gasteiger charge is -2.17. The van der Waals surface area contributed by atoms with E-state index in [1.165, 1.54) is 22.3 Å². The summed E-state index contributed by atoms with van der Waals surface area (Å²) in [6.45, 7) is 6.23. The fraction of sp³-hybridized carbons (Fsp3) is 0.370. The molecule has 0 saturated carbocycles. The summed E-state index contributed by atoms with van der Waals surface area (Å²) in [6, 6.07) is 14.6. The van der Waals surface area contributed by atoms with Crippen LogP contribution in [0.5, 0.6) is 11.5 Å². The number of carbonyl (C=O) groups excluding carboxylic acids is 1. The molecule has 0 spiro atoms. The van der Waals surface area contributed by atoms with E-state index in [2.05, 4.69) is 36.9 Å². The number of methoxy groups -OCH3 is 1. The lowest BCUT2D eigenvalue weighted by molar-refractivity contribution is -0.139. The van der Waals surface area contributed by atoms with Crippen molar-refractivity contribution >= 4 is 17.6 Å². The molecule has 3 rings (SSSR count). The molecule has 0 bridgehead atoms. The molecule has 0 aliphatic heterocycles. The molecule has 0 fully saturated rings. The number of unbranched alkanes of at least 4 members (excludes halogenated alkanes) is 1. The van der Waals surface area contributed by atoms with Crippen LogP contribution in [0.3, 0.4) is 0 Å². The van der Waals surface area contributed by atoms with E-state index in [0.29, 0.717) is 18.8 Å². The van der Waals surface area contributed by atoms with Crippen LogP contribution in [0.15, 0.2) is 54.6 Å². The standard InChI is InChI=1S/C27H32O4/c1-20(2)27(28)31-17-9-8-16-30-24-15-14-22-18-23(11-5-4-10-21(22)19-24)25-12-6-7-13-26(25)29-3/h6-7,12-15,18-19H,1,4-5,8-11,16-17H2,2-3H3. The number of allylic oxidation sites excluding steroid dienone is 1. The Morgan fingerprint density at radius 3 is 2.61 bits per heavy atom. The minimum absolute atomic E-state index is 0.330. The average molecular weight is 421 g/mol. The van der Waals surface area contributed by atoms with Crippen LogP contribution in [0.25, 0.3) is 11.6 Å². The molecule has 4 heteroatoms. The highest BCUT2D eigenvalue weighted by molar-refractivity contribution is 5.87. The number of carbonyl (C=O) groups is 1. The van der Waals surface area contributed by atoms with Gasteiger partial charge in [0.1, 0.15) is 11.5 Å². The molecule has 31 heavy (non-hydrogen) atoms. The molecule has 1 aliphatic carbocycles.